The van der Waals surface area contributed by atoms with Crippen LogP contribution in [-0.2, 0) is 18.9 Å². The Bertz CT molecular complexity index is 589. The van der Waals surface area contributed by atoms with Crippen LogP contribution in [0.5, 0.6) is 0 Å². The van der Waals surface area contributed by atoms with Crippen molar-refractivity contribution in [1.29, 1.82) is 0 Å². The van der Waals surface area contributed by atoms with Crippen LogP contribution in [0.15, 0.2) is 34.2 Å². The maximum atomic E-state index is 11.6. The molecule has 2 rings (SSSR count). The van der Waals surface area contributed by atoms with Gasteiger partial charge in [-0.25, -0.2) is 9.89 Å². The van der Waals surface area contributed by atoms with Gasteiger partial charge in [0.25, 0.3) is 0 Å². The van der Waals surface area contributed by atoms with Gasteiger partial charge in [0.15, 0.2) is 5.16 Å². The quantitative estimate of drug-likeness (QED) is 0.767. The predicted octanol–water partition coefficient (Wildman–Crippen LogP) is 2.16. The zero-order valence-corrected chi connectivity index (χ0v) is 12.3. The van der Waals surface area contributed by atoms with Gasteiger partial charge in [-0.3, -0.25) is 4.57 Å². The number of thioether (sulfide) groups is 1. The fourth-order valence-corrected chi connectivity index (χ4v) is 2.74. The smallest absolute Gasteiger partial charge is 0.343 e. The van der Waals surface area contributed by atoms with Crippen molar-refractivity contribution in [3.05, 3.63) is 45.9 Å². The first-order valence-corrected chi connectivity index (χ1v) is 7.69. The average molecular weight is 293 g/mol. The average Bonchev–Trinajstić information content (AvgIpc) is 2.84. The fourth-order valence-electron chi connectivity index (χ4n) is 1.82. The summed E-state index contributed by atoms with van der Waals surface area (Å²) in [7, 11) is 0. The molecule has 2 aromatic rings. The second-order valence-electron chi connectivity index (χ2n) is 4.58. The van der Waals surface area contributed by atoms with Crippen LogP contribution in [0, 0.1) is 0 Å². The number of nitrogens with zero attached hydrogens (tertiary/aromatic N) is 2. The highest BCUT2D eigenvalue weighted by molar-refractivity contribution is 7.98. The number of aromatic nitrogens is 3. The van der Waals surface area contributed by atoms with Crippen molar-refractivity contribution >= 4 is 11.8 Å². The number of aliphatic hydroxyl groups excluding tert-OH is 1. The van der Waals surface area contributed by atoms with Crippen molar-refractivity contribution in [3.8, 4) is 0 Å². The number of unbranched alkanes of at least 4 members (excludes halogenated alkanes) is 1. The molecule has 20 heavy (non-hydrogen) atoms. The molecule has 108 valence electrons. The molecule has 1 heterocycles. The molecule has 0 saturated carbocycles. The maximum Gasteiger partial charge on any atom is 0.343 e. The summed E-state index contributed by atoms with van der Waals surface area (Å²) in [6.45, 7) is 2.86. The molecule has 0 aliphatic carbocycles. The van der Waals surface area contributed by atoms with Gasteiger partial charge in [0.2, 0.25) is 0 Å². The number of hydrogen-bond acceptors (Lipinski definition) is 4. The molecule has 0 unspecified atom stereocenters. The van der Waals surface area contributed by atoms with E-state index >= 15 is 0 Å². The molecule has 0 saturated heterocycles. The number of hydrogen-bond donors (Lipinski definition) is 2. The van der Waals surface area contributed by atoms with Gasteiger partial charge in [0.1, 0.15) is 0 Å². The van der Waals surface area contributed by atoms with Crippen LogP contribution in [0.25, 0.3) is 0 Å². The molecule has 1 aromatic heterocycles. The van der Waals surface area contributed by atoms with Gasteiger partial charge < -0.3 is 5.11 Å². The molecule has 0 aliphatic heterocycles. The molecule has 0 atom stereocenters. The number of aromatic amines is 1. The van der Waals surface area contributed by atoms with Crippen LogP contribution in [-0.4, -0.2) is 19.9 Å². The Labute approximate surface area is 122 Å². The molecule has 0 aliphatic rings. The largest absolute Gasteiger partial charge is 0.392 e. The summed E-state index contributed by atoms with van der Waals surface area (Å²) in [5, 5.41) is 16.3. The van der Waals surface area contributed by atoms with Gasteiger partial charge in [-0.1, -0.05) is 49.4 Å². The normalized spacial score (nSPS) is 10.9. The lowest BCUT2D eigenvalue weighted by atomic mass is 10.2. The van der Waals surface area contributed by atoms with Crippen molar-refractivity contribution in [1.82, 2.24) is 14.8 Å². The monoisotopic (exact) mass is 293 g/mol. The van der Waals surface area contributed by atoms with Gasteiger partial charge in [0, 0.05) is 12.3 Å². The van der Waals surface area contributed by atoms with E-state index in [1.165, 1.54) is 0 Å². The van der Waals surface area contributed by atoms with Crippen molar-refractivity contribution in [2.45, 2.75) is 43.8 Å². The summed E-state index contributed by atoms with van der Waals surface area (Å²) in [5.74, 6) is 0.752. The minimum absolute atomic E-state index is 0.0589. The first-order chi connectivity index (χ1) is 9.74. The molecular weight excluding hydrogens is 274 g/mol. The summed E-state index contributed by atoms with van der Waals surface area (Å²) >= 11 is 1.54. The molecule has 0 bridgehead atoms. The van der Waals surface area contributed by atoms with Crippen molar-refractivity contribution < 1.29 is 5.11 Å². The zero-order valence-electron chi connectivity index (χ0n) is 11.5. The van der Waals surface area contributed by atoms with Gasteiger partial charge in [-0.2, -0.15) is 0 Å². The van der Waals surface area contributed by atoms with E-state index in [9.17, 15) is 4.79 Å². The summed E-state index contributed by atoms with van der Waals surface area (Å²) in [6, 6.07) is 7.79. The molecule has 6 heteroatoms. The lowest BCUT2D eigenvalue weighted by Gasteiger charge is -2.05. The summed E-state index contributed by atoms with van der Waals surface area (Å²) < 4.78 is 1.69. The number of H-pyrrole nitrogens is 1. The number of nitrogens with one attached hydrogen (secondary N) is 1. The zero-order chi connectivity index (χ0) is 14.4. The van der Waals surface area contributed by atoms with Gasteiger partial charge in [-0.05, 0) is 17.5 Å². The summed E-state index contributed by atoms with van der Waals surface area (Å²) in [6.07, 6.45) is 2.02. The Morgan fingerprint density at radius 3 is 2.65 bits per heavy atom. The highest BCUT2D eigenvalue weighted by Gasteiger charge is 2.08. The van der Waals surface area contributed by atoms with Crippen LogP contribution in [0.4, 0.5) is 0 Å². The Balaban J connectivity index is 2.01. The second kappa shape index (κ2) is 7.31. The Morgan fingerprint density at radius 1 is 1.30 bits per heavy atom. The standard InChI is InChI=1S/C14H19N3O2S/c1-2-3-8-17-13(19)15-16-14(17)20-10-12-6-4-11(9-18)5-7-12/h4-7,18H,2-3,8-10H2,1H3,(H,15,19). The number of rotatable bonds is 7. The first kappa shape index (κ1) is 14.9. The molecule has 0 radical (unpaired) electrons. The molecule has 2 N–H and O–H groups in total. The molecule has 0 amide bonds. The third kappa shape index (κ3) is 3.74. The minimum atomic E-state index is -0.142. The van der Waals surface area contributed by atoms with E-state index in [0.29, 0.717) is 6.54 Å². The van der Waals surface area contributed by atoms with E-state index in [2.05, 4.69) is 17.1 Å². The molecule has 0 fully saturated rings. The van der Waals surface area contributed by atoms with Crippen molar-refractivity contribution in [3.63, 3.8) is 0 Å². The second-order valence-corrected chi connectivity index (χ2v) is 5.52. The van der Waals surface area contributed by atoms with Crippen molar-refractivity contribution in [2.75, 3.05) is 0 Å². The molecule has 1 aromatic carbocycles. The lowest BCUT2D eigenvalue weighted by Crippen LogP contribution is -2.17. The van der Waals surface area contributed by atoms with E-state index in [4.69, 9.17) is 5.11 Å². The van der Waals surface area contributed by atoms with Crippen LogP contribution in [0.2, 0.25) is 0 Å². The predicted molar refractivity (Wildman–Crippen MR) is 79.7 cm³/mol. The van der Waals surface area contributed by atoms with Crippen molar-refractivity contribution in [2.24, 2.45) is 0 Å². The van der Waals surface area contributed by atoms with Gasteiger partial charge in [0.05, 0.1) is 6.61 Å². The third-order valence-electron chi connectivity index (χ3n) is 3.03. The summed E-state index contributed by atoms with van der Waals surface area (Å²) in [4.78, 5) is 11.6. The Morgan fingerprint density at radius 2 is 2.00 bits per heavy atom. The van der Waals surface area contributed by atoms with Gasteiger partial charge >= 0.3 is 5.69 Å². The van der Waals surface area contributed by atoms with Gasteiger partial charge in [-0.15, -0.1) is 5.10 Å². The van der Waals surface area contributed by atoms with E-state index in [1.54, 1.807) is 16.3 Å². The Kier molecular flexibility index (Phi) is 5.43. The topological polar surface area (TPSA) is 70.9 Å². The first-order valence-electron chi connectivity index (χ1n) is 6.71. The van der Waals surface area contributed by atoms with Crippen LogP contribution in [0.3, 0.4) is 0 Å². The van der Waals surface area contributed by atoms with E-state index in [1.807, 2.05) is 24.3 Å². The number of benzene rings is 1. The highest BCUT2D eigenvalue weighted by Crippen LogP contribution is 2.20. The SMILES string of the molecule is CCCCn1c(SCc2ccc(CO)cc2)n[nH]c1=O. The third-order valence-corrected chi connectivity index (χ3v) is 4.08. The lowest BCUT2D eigenvalue weighted by molar-refractivity contribution is 0.282. The van der Waals surface area contributed by atoms with Crippen LogP contribution < -0.4 is 5.69 Å². The number of aliphatic hydroxyl groups is 1. The molecule has 5 nitrogen and oxygen atoms in total. The Hall–Kier alpha value is -1.53. The van der Waals surface area contributed by atoms with E-state index < -0.39 is 0 Å². The molecular formula is C14H19N3O2S. The molecule has 0 spiro atoms. The summed E-state index contributed by atoms with van der Waals surface area (Å²) in [5.41, 5.74) is 1.90. The maximum absolute atomic E-state index is 11.6. The van der Waals surface area contributed by atoms with Crippen LogP contribution >= 0.6 is 11.8 Å². The van der Waals surface area contributed by atoms with Crippen LogP contribution in [0.1, 0.15) is 30.9 Å². The highest BCUT2D eigenvalue weighted by atomic mass is 32.2. The van der Waals surface area contributed by atoms with E-state index in [-0.39, 0.29) is 12.3 Å². The minimum Gasteiger partial charge on any atom is -0.392 e. The fraction of sp³-hybridized carbons (Fsp3) is 0.429. The van der Waals surface area contributed by atoms with E-state index in [0.717, 1.165) is 34.9 Å².